The van der Waals surface area contributed by atoms with Crippen molar-refractivity contribution in [1.29, 1.82) is 0 Å². The Bertz CT molecular complexity index is 662. The molecule has 3 N–H and O–H groups in total. The third-order valence-electron chi connectivity index (χ3n) is 2.94. The summed E-state index contributed by atoms with van der Waals surface area (Å²) in [5.41, 5.74) is 2.58. The predicted molar refractivity (Wildman–Crippen MR) is 84.1 cm³/mol. The fraction of sp³-hybridized carbons (Fsp3) is 0.200. The van der Waals surface area contributed by atoms with E-state index in [-0.39, 0.29) is 17.3 Å². The maximum Gasteiger partial charge on any atom is 0.354 e. The monoisotopic (exact) mass is 304 g/mol. The highest BCUT2D eigenvalue weighted by molar-refractivity contribution is 7.97. The van der Waals surface area contributed by atoms with Crippen molar-refractivity contribution in [2.45, 2.75) is 12.7 Å². The smallest absolute Gasteiger partial charge is 0.354 e. The van der Waals surface area contributed by atoms with Crippen LogP contribution in [0.2, 0.25) is 0 Å². The van der Waals surface area contributed by atoms with Gasteiger partial charge in [-0.2, -0.15) is 11.8 Å². The number of benzene rings is 1. The van der Waals surface area contributed by atoms with Gasteiger partial charge in [-0.05, 0) is 36.9 Å². The average Bonchev–Trinajstić information content (AvgIpc) is 2.81. The molecule has 1 heterocycles. The summed E-state index contributed by atoms with van der Waals surface area (Å²) in [5, 5.41) is 11.7. The Kier molecular flexibility index (Phi) is 4.70. The molecule has 0 bridgehead atoms. The van der Waals surface area contributed by atoms with Gasteiger partial charge in [0.1, 0.15) is 5.69 Å². The molecule has 0 saturated heterocycles. The number of carbonyl (C=O) groups excluding carboxylic acids is 1. The molecule has 1 aromatic carbocycles. The Hall–Kier alpha value is -2.21. The molecule has 2 rings (SSSR count). The predicted octanol–water partition coefficient (Wildman–Crippen LogP) is 3.14. The SMILES string of the molecule is CSCc1ccc(C(=O)Nc2cc(C)[nH]c2C(=O)O)cc1. The van der Waals surface area contributed by atoms with E-state index in [0.717, 1.165) is 11.3 Å². The van der Waals surface area contributed by atoms with Gasteiger partial charge in [0.25, 0.3) is 5.91 Å². The first-order valence-corrected chi connectivity index (χ1v) is 7.72. The number of H-pyrrole nitrogens is 1. The number of thioether (sulfide) groups is 1. The number of aromatic nitrogens is 1. The quantitative estimate of drug-likeness (QED) is 0.792. The summed E-state index contributed by atoms with van der Waals surface area (Å²) in [6.07, 6.45) is 2.02. The lowest BCUT2D eigenvalue weighted by Gasteiger charge is -2.05. The second kappa shape index (κ2) is 6.49. The number of aryl methyl sites for hydroxylation is 1. The van der Waals surface area contributed by atoms with E-state index in [9.17, 15) is 9.59 Å². The van der Waals surface area contributed by atoms with Crippen LogP contribution in [0.3, 0.4) is 0 Å². The molecule has 0 aliphatic heterocycles. The number of rotatable bonds is 5. The average molecular weight is 304 g/mol. The van der Waals surface area contributed by atoms with Crippen LogP contribution in [0, 0.1) is 6.92 Å². The molecule has 0 aliphatic rings. The van der Waals surface area contributed by atoms with Crippen LogP contribution >= 0.6 is 11.8 Å². The van der Waals surface area contributed by atoms with E-state index < -0.39 is 5.97 Å². The van der Waals surface area contributed by atoms with Gasteiger partial charge in [0.05, 0.1) is 5.69 Å². The number of carboxylic acids is 1. The summed E-state index contributed by atoms with van der Waals surface area (Å²) >= 11 is 1.71. The van der Waals surface area contributed by atoms with Gasteiger partial charge in [-0.1, -0.05) is 12.1 Å². The highest BCUT2D eigenvalue weighted by atomic mass is 32.2. The molecule has 0 spiro atoms. The van der Waals surface area contributed by atoms with Gasteiger partial charge in [0, 0.05) is 17.0 Å². The molecule has 2 aromatic rings. The van der Waals surface area contributed by atoms with Gasteiger partial charge in [0.2, 0.25) is 0 Å². The molecular formula is C15H16N2O3S. The van der Waals surface area contributed by atoms with Crippen molar-refractivity contribution in [3.8, 4) is 0 Å². The zero-order valence-corrected chi connectivity index (χ0v) is 12.6. The Morgan fingerprint density at radius 1 is 1.29 bits per heavy atom. The number of hydrogen-bond donors (Lipinski definition) is 3. The van der Waals surface area contributed by atoms with Crippen LogP contribution in [-0.4, -0.2) is 28.2 Å². The standard InChI is InChI=1S/C15H16N2O3S/c1-9-7-12(13(16-9)15(19)20)17-14(18)11-5-3-10(4-6-11)8-21-2/h3-7,16H,8H2,1-2H3,(H,17,18)(H,19,20). The van der Waals surface area contributed by atoms with Gasteiger partial charge < -0.3 is 15.4 Å². The second-order valence-corrected chi connectivity index (χ2v) is 5.50. The number of aromatic carboxylic acids is 1. The number of nitrogens with one attached hydrogen (secondary N) is 2. The van der Waals surface area contributed by atoms with Gasteiger partial charge in [-0.25, -0.2) is 4.79 Å². The Morgan fingerprint density at radius 2 is 1.95 bits per heavy atom. The summed E-state index contributed by atoms with van der Waals surface area (Å²) in [4.78, 5) is 25.9. The molecule has 21 heavy (non-hydrogen) atoms. The lowest BCUT2D eigenvalue weighted by Crippen LogP contribution is -2.14. The van der Waals surface area contributed by atoms with Gasteiger partial charge in [-0.3, -0.25) is 4.79 Å². The fourth-order valence-corrected chi connectivity index (χ4v) is 2.50. The third kappa shape index (κ3) is 3.66. The molecule has 0 radical (unpaired) electrons. The van der Waals surface area contributed by atoms with Gasteiger partial charge in [0.15, 0.2) is 0 Å². The molecule has 0 fully saturated rings. The largest absolute Gasteiger partial charge is 0.477 e. The van der Waals surface area contributed by atoms with Crippen molar-refractivity contribution in [2.24, 2.45) is 0 Å². The van der Waals surface area contributed by atoms with Crippen molar-refractivity contribution >= 4 is 29.3 Å². The highest BCUT2D eigenvalue weighted by Gasteiger charge is 2.16. The first kappa shape index (κ1) is 15.2. The molecule has 1 amide bonds. The molecule has 0 saturated carbocycles. The van der Waals surface area contributed by atoms with Crippen LogP contribution < -0.4 is 5.32 Å². The first-order valence-electron chi connectivity index (χ1n) is 6.33. The summed E-state index contributed by atoms with van der Waals surface area (Å²) < 4.78 is 0. The van der Waals surface area contributed by atoms with E-state index in [4.69, 9.17) is 5.11 Å². The highest BCUT2D eigenvalue weighted by Crippen LogP contribution is 2.18. The number of hydrogen-bond acceptors (Lipinski definition) is 3. The summed E-state index contributed by atoms with van der Waals surface area (Å²) in [5.74, 6) is -0.539. The number of anilines is 1. The summed E-state index contributed by atoms with van der Waals surface area (Å²) in [6.45, 7) is 1.74. The van der Waals surface area contributed by atoms with E-state index in [1.807, 2.05) is 18.4 Å². The molecule has 5 nitrogen and oxygen atoms in total. The molecule has 1 aromatic heterocycles. The minimum atomic E-state index is -1.10. The van der Waals surface area contributed by atoms with Crippen LogP contribution in [-0.2, 0) is 5.75 Å². The van der Waals surface area contributed by atoms with E-state index in [1.54, 1.807) is 36.9 Å². The van der Waals surface area contributed by atoms with Crippen molar-refractivity contribution in [3.63, 3.8) is 0 Å². The van der Waals surface area contributed by atoms with Crippen LogP contribution in [0.5, 0.6) is 0 Å². The van der Waals surface area contributed by atoms with Crippen molar-refractivity contribution in [2.75, 3.05) is 11.6 Å². The topological polar surface area (TPSA) is 82.2 Å². The van der Waals surface area contributed by atoms with Crippen LogP contribution in [0.15, 0.2) is 30.3 Å². The summed E-state index contributed by atoms with van der Waals surface area (Å²) in [7, 11) is 0. The number of amides is 1. The summed E-state index contributed by atoms with van der Waals surface area (Å²) in [6, 6.07) is 8.86. The molecule has 0 unspecified atom stereocenters. The Labute approximate surface area is 126 Å². The number of aromatic amines is 1. The van der Waals surface area contributed by atoms with Gasteiger partial charge in [-0.15, -0.1) is 0 Å². The minimum absolute atomic E-state index is 0.0140. The number of carbonyl (C=O) groups is 2. The maximum atomic E-state index is 12.1. The fourth-order valence-electron chi connectivity index (χ4n) is 1.97. The normalized spacial score (nSPS) is 10.4. The Morgan fingerprint density at radius 3 is 2.52 bits per heavy atom. The third-order valence-corrected chi connectivity index (χ3v) is 3.56. The van der Waals surface area contributed by atoms with Crippen LogP contribution in [0.4, 0.5) is 5.69 Å². The van der Waals surface area contributed by atoms with E-state index in [0.29, 0.717) is 11.3 Å². The second-order valence-electron chi connectivity index (χ2n) is 4.63. The molecule has 0 atom stereocenters. The van der Waals surface area contributed by atoms with Crippen molar-refractivity contribution < 1.29 is 14.7 Å². The Balaban J connectivity index is 2.16. The van der Waals surface area contributed by atoms with Crippen molar-refractivity contribution in [3.05, 3.63) is 52.8 Å². The minimum Gasteiger partial charge on any atom is -0.477 e. The van der Waals surface area contributed by atoms with E-state index >= 15 is 0 Å². The first-order chi connectivity index (χ1) is 10.0. The molecule has 6 heteroatoms. The molecular weight excluding hydrogens is 288 g/mol. The lowest BCUT2D eigenvalue weighted by atomic mass is 10.1. The maximum absolute atomic E-state index is 12.1. The zero-order valence-electron chi connectivity index (χ0n) is 11.8. The zero-order chi connectivity index (χ0) is 15.4. The van der Waals surface area contributed by atoms with Gasteiger partial charge >= 0.3 is 5.97 Å². The van der Waals surface area contributed by atoms with E-state index in [2.05, 4.69) is 10.3 Å². The van der Waals surface area contributed by atoms with Crippen molar-refractivity contribution in [1.82, 2.24) is 4.98 Å². The van der Waals surface area contributed by atoms with E-state index in [1.165, 1.54) is 0 Å². The van der Waals surface area contributed by atoms with Crippen LogP contribution in [0.25, 0.3) is 0 Å². The number of carboxylic acid groups (broad SMARTS) is 1. The molecule has 0 aliphatic carbocycles. The molecule has 110 valence electrons. The van der Waals surface area contributed by atoms with Crippen LogP contribution in [0.1, 0.15) is 32.1 Å². The lowest BCUT2D eigenvalue weighted by molar-refractivity contribution is 0.0692.